The van der Waals surface area contributed by atoms with E-state index < -0.39 is 70.0 Å². The van der Waals surface area contributed by atoms with Crippen molar-refractivity contribution >= 4 is 11.6 Å². The monoisotopic (exact) mass is 493 g/mol. The van der Waals surface area contributed by atoms with Gasteiger partial charge in [-0.2, -0.15) is 36.3 Å². The lowest BCUT2D eigenvalue weighted by Crippen LogP contribution is -2.11. The van der Waals surface area contributed by atoms with Crippen LogP contribution in [-0.4, -0.2) is 15.9 Å². The van der Waals surface area contributed by atoms with Crippen molar-refractivity contribution in [1.29, 1.82) is 0 Å². The Kier molecular flexibility index (Phi) is 6.61. The van der Waals surface area contributed by atoms with E-state index in [9.17, 15) is 39.9 Å². The molecule has 3 aromatic rings. The minimum absolute atomic E-state index is 0.338. The summed E-state index contributed by atoms with van der Waals surface area (Å²) in [5, 5.41) is 2.19. The van der Waals surface area contributed by atoms with Crippen LogP contribution in [0.4, 0.5) is 40.8 Å². The number of aromatic nitrogens is 2. The third-order valence-electron chi connectivity index (χ3n) is 3.99. The molecule has 0 aliphatic carbocycles. The van der Waals surface area contributed by atoms with Crippen molar-refractivity contribution in [3.05, 3.63) is 65.5 Å². The average molecular weight is 493 g/mol. The number of carbonyl (C=O) groups excluding carboxylic acids is 1. The molecular weight excluding hydrogens is 482 g/mol. The van der Waals surface area contributed by atoms with Crippen molar-refractivity contribution in [3.63, 3.8) is 0 Å². The van der Waals surface area contributed by atoms with Gasteiger partial charge in [-0.1, -0.05) is 0 Å². The molecule has 0 aliphatic heterocycles. The maximum Gasteiger partial charge on any atom is 0.419 e. The van der Waals surface area contributed by atoms with Gasteiger partial charge in [0.15, 0.2) is 5.69 Å². The molecule has 34 heavy (non-hydrogen) atoms. The molecule has 3 rings (SSSR count). The number of nitrogens with zero attached hydrogens (tertiary/aromatic N) is 2. The van der Waals surface area contributed by atoms with Gasteiger partial charge in [0, 0.05) is 6.92 Å². The zero-order valence-corrected chi connectivity index (χ0v) is 16.7. The molecule has 1 N–H and O–H groups in total. The maximum absolute atomic E-state index is 13.5. The average Bonchev–Trinajstić information content (AvgIpc) is 2.71. The largest absolute Gasteiger partial charge is 0.437 e. The molecule has 1 amide bonds. The minimum Gasteiger partial charge on any atom is -0.437 e. The van der Waals surface area contributed by atoms with Gasteiger partial charge >= 0.3 is 12.4 Å². The second-order valence-corrected chi connectivity index (χ2v) is 6.52. The van der Waals surface area contributed by atoms with Gasteiger partial charge in [-0.15, -0.1) is 0 Å². The van der Waals surface area contributed by atoms with Gasteiger partial charge in [-0.25, -0.2) is 8.78 Å². The Morgan fingerprint density at radius 1 is 0.794 bits per heavy atom. The third-order valence-corrected chi connectivity index (χ3v) is 3.99. The molecule has 0 atom stereocenters. The van der Waals surface area contributed by atoms with Crippen molar-refractivity contribution in [3.8, 4) is 23.3 Å². The van der Waals surface area contributed by atoms with Crippen molar-refractivity contribution in [2.75, 3.05) is 5.32 Å². The summed E-state index contributed by atoms with van der Waals surface area (Å²) >= 11 is 0. The molecule has 2 aromatic carbocycles. The predicted molar refractivity (Wildman–Crippen MR) is 99.3 cm³/mol. The van der Waals surface area contributed by atoms with Crippen molar-refractivity contribution < 1.29 is 49.4 Å². The lowest BCUT2D eigenvalue weighted by atomic mass is 10.2. The number of hydrogen-bond donors (Lipinski definition) is 1. The van der Waals surface area contributed by atoms with E-state index in [4.69, 9.17) is 9.47 Å². The van der Waals surface area contributed by atoms with Crippen LogP contribution in [0.15, 0.2) is 42.7 Å². The number of anilines is 1. The van der Waals surface area contributed by atoms with E-state index >= 15 is 0 Å². The third kappa shape index (κ3) is 5.68. The van der Waals surface area contributed by atoms with E-state index in [1.807, 2.05) is 0 Å². The molecule has 6 nitrogen and oxygen atoms in total. The summed E-state index contributed by atoms with van der Waals surface area (Å²) in [5.74, 6) is -6.10. The second-order valence-electron chi connectivity index (χ2n) is 6.52. The number of nitrogens with one attached hydrogen (secondary N) is 1. The van der Waals surface area contributed by atoms with Crippen LogP contribution in [0.5, 0.6) is 23.3 Å². The van der Waals surface area contributed by atoms with Gasteiger partial charge in [-0.05, 0) is 36.4 Å². The van der Waals surface area contributed by atoms with E-state index in [0.29, 0.717) is 24.3 Å². The smallest absolute Gasteiger partial charge is 0.419 e. The molecule has 0 spiro atoms. The molecule has 0 unspecified atom stereocenters. The molecule has 14 heteroatoms. The molecule has 0 saturated carbocycles. The number of benzene rings is 2. The summed E-state index contributed by atoms with van der Waals surface area (Å²) in [7, 11) is 0. The standard InChI is InChI=1S/C20H11F8N3O3/c1-9(32)31-16-17(33-10-2-4-14(21)12(6-10)19(23,24)25)29-8-30-18(16)34-11-3-5-15(22)13(7-11)20(26,27)28/h2-8H,1H3,(H,31,32). The van der Waals surface area contributed by atoms with E-state index in [0.717, 1.165) is 25.4 Å². The van der Waals surface area contributed by atoms with Crippen LogP contribution in [0, 0.1) is 11.6 Å². The summed E-state index contributed by atoms with van der Waals surface area (Å²) in [4.78, 5) is 19.0. The van der Waals surface area contributed by atoms with Crippen molar-refractivity contribution in [1.82, 2.24) is 9.97 Å². The van der Waals surface area contributed by atoms with Gasteiger partial charge in [0.1, 0.15) is 29.5 Å². The minimum atomic E-state index is -5.04. The number of ether oxygens (including phenoxy) is 2. The molecule has 1 heterocycles. The Morgan fingerprint density at radius 2 is 1.21 bits per heavy atom. The van der Waals surface area contributed by atoms with Crippen LogP contribution in [0.3, 0.4) is 0 Å². The zero-order chi connectivity index (χ0) is 25.3. The van der Waals surface area contributed by atoms with Gasteiger partial charge in [0.05, 0.1) is 11.1 Å². The molecular formula is C20H11F8N3O3. The fraction of sp³-hybridized carbons (Fsp3) is 0.150. The number of hydrogen-bond acceptors (Lipinski definition) is 5. The molecule has 0 saturated heterocycles. The van der Waals surface area contributed by atoms with Crippen LogP contribution in [-0.2, 0) is 17.1 Å². The highest BCUT2D eigenvalue weighted by atomic mass is 19.4. The number of alkyl halides is 6. The molecule has 0 radical (unpaired) electrons. The van der Waals surface area contributed by atoms with Gasteiger partial charge in [0.2, 0.25) is 5.91 Å². The van der Waals surface area contributed by atoms with Crippen LogP contribution < -0.4 is 14.8 Å². The number of rotatable bonds is 5. The summed E-state index contributed by atoms with van der Waals surface area (Å²) in [6.07, 6.45) is -9.30. The highest BCUT2D eigenvalue weighted by Gasteiger charge is 2.35. The fourth-order valence-electron chi connectivity index (χ4n) is 2.59. The highest BCUT2D eigenvalue weighted by molar-refractivity contribution is 5.91. The summed E-state index contributed by atoms with van der Waals surface area (Å²) < 4.78 is 115. The highest BCUT2D eigenvalue weighted by Crippen LogP contribution is 2.40. The van der Waals surface area contributed by atoms with Crippen LogP contribution >= 0.6 is 0 Å². The summed E-state index contributed by atoms with van der Waals surface area (Å²) in [5.41, 5.74) is -3.74. The molecule has 180 valence electrons. The van der Waals surface area contributed by atoms with Crippen molar-refractivity contribution in [2.45, 2.75) is 19.3 Å². The summed E-state index contributed by atoms with van der Waals surface area (Å²) in [6.45, 7) is 1.03. The molecule has 1 aromatic heterocycles. The fourth-order valence-corrected chi connectivity index (χ4v) is 2.59. The van der Waals surface area contributed by atoms with E-state index in [2.05, 4.69) is 15.3 Å². The van der Waals surface area contributed by atoms with E-state index in [1.54, 1.807) is 0 Å². The summed E-state index contributed by atoms with van der Waals surface area (Å²) in [6, 6.07) is 3.36. The Hall–Kier alpha value is -3.97. The van der Waals surface area contributed by atoms with E-state index in [-0.39, 0.29) is 0 Å². The maximum atomic E-state index is 13.5. The predicted octanol–water partition coefficient (Wildman–Crippen LogP) is 6.34. The molecule has 0 bridgehead atoms. The van der Waals surface area contributed by atoms with Crippen molar-refractivity contribution in [2.24, 2.45) is 0 Å². The van der Waals surface area contributed by atoms with Gasteiger partial charge < -0.3 is 14.8 Å². The number of halogens is 8. The van der Waals surface area contributed by atoms with Gasteiger partial charge in [0.25, 0.3) is 11.8 Å². The lowest BCUT2D eigenvalue weighted by Gasteiger charge is -2.16. The quantitative estimate of drug-likeness (QED) is 0.421. The zero-order valence-electron chi connectivity index (χ0n) is 16.7. The van der Waals surface area contributed by atoms with E-state index in [1.165, 1.54) is 0 Å². The molecule has 0 fully saturated rings. The Labute approximate surface area is 185 Å². The SMILES string of the molecule is CC(=O)Nc1c(Oc2ccc(F)c(C(F)(F)F)c2)ncnc1Oc1ccc(F)c(C(F)(F)F)c1. The topological polar surface area (TPSA) is 73.3 Å². The first kappa shape index (κ1) is 24.7. The second kappa shape index (κ2) is 9.11. The number of carbonyl (C=O) groups is 1. The molecule has 0 aliphatic rings. The Bertz CT molecular complexity index is 1140. The first-order chi connectivity index (χ1) is 15.8. The first-order valence-corrected chi connectivity index (χ1v) is 8.97. The van der Waals surface area contributed by atoms with Gasteiger partial charge in [-0.3, -0.25) is 4.79 Å². The van der Waals surface area contributed by atoms with Crippen LogP contribution in [0.25, 0.3) is 0 Å². The van der Waals surface area contributed by atoms with Crippen LogP contribution in [0.2, 0.25) is 0 Å². The van der Waals surface area contributed by atoms with Crippen LogP contribution in [0.1, 0.15) is 18.1 Å². The Balaban J connectivity index is 2.02. The normalized spacial score (nSPS) is 11.8. The number of amides is 1. The first-order valence-electron chi connectivity index (χ1n) is 8.97. The Morgan fingerprint density at radius 3 is 1.56 bits per heavy atom. The lowest BCUT2D eigenvalue weighted by molar-refractivity contribution is -0.140.